The normalized spacial score (nSPS) is 15.7. The maximum absolute atomic E-state index is 13.3. The molecule has 2 heterocycles. The first kappa shape index (κ1) is 19.2. The summed E-state index contributed by atoms with van der Waals surface area (Å²) >= 11 is 3.50. The largest absolute Gasteiger partial charge is 0.419 e. The van der Waals surface area contributed by atoms with Crippen LogP contribution < -0.4 is 4.90 Å². The minimum atomic E-state index is -3.79. The number of rotatable bonds is 4. The van der Waals surface area contributed by atoms with Crippen LogP contribution in [0.3, 0.4) is 0 Å². The van der Waals surface area contributed by atoms with Gasteiger partial charge in [0.1, 0.15) is 0 Å². The van der Waals surface area contributed by atoms with E-state index in [4.69, 9.17) is 4.42 Å². The third kappa shape index (κ3) is 3.61. The standard InChI is InChI=1S/C21H21BrN2O3S/c1-15-11-13-24(14-12-15)21-20(28(25,26)16-7-3-2-4-8-16)23-19(27-21)17-9-5-6-10-18(17)22/h2-10,15H,11-14H2,1H3. The number of sulfone groups is 1. The lowest BCUT2D eigenvalue weighted by molar-refractivity contribution is 0.415. The quantitative estimate of drug-likeness (QED) is 0.536. The summed E-state index contributed by atoms with van der Waals surface area (Å²) in [6, 6.07) is 15.9. The van der Waals surface area contributed by atoms with Crippen LogP contribution in [-0.2, 0) is 9.84 Å². The van der Waals surface area contributed by atoms with Crippen LogP contribution in [0.2, 0.25) is 0 Å². The molecule has 2 aromatic carbocycles. The maximum atomic E-state index is 13.3. The molecule has 5 nitrogen and oxygen atoms in total. The summed E-state index contributed by atoms with van der Waals surface area (Å²) < 4.78 is 33.5. The predicted molar refractivity (Wildman–Crippen MR) is 112 cm³/mol. The number of piperidine rings is 1. The Hall–Kier alpha value is -2.12. The zero-order valence-corrected chi connectivity index (χ0v) is 17.9. The molecule has 1 aliphatic rings. The van der Waals surface area contributed by atoms with E-state index in [0.29, 0.717) is 17.7 Å². The van der Waals surface area contributed by atoms with Crippen LogP contribution in [0.4, 0.5) is 5.88 Å². The number of aromatic nitrogens is 1. The Morgan fingerprint density at radius 2 is 1.68 bits per heavy atom. The summed E-state index contributed by atoms with van der Waals surface area (Å²) in [4.78, 5) is 6.68. The van der Waals surface area contributed by atoms with Crippen LogP contribution in [0.1, 0.15) is 19.8 Å². The summed E-state index contributed by atoms with van der Waals surface area (Å²) in [6.45, 7) is 3.72. The topological polar surface area (TPSA) is 63.4 Å². The second-order valence-electron chi connectivity index (χ2n) is 7.10. The van der Waals surface area contributed by atoms with Gasteiger partial charge in [-0.05, 0) is 59.0 Å². The molecule has 0 spiro atoms. The molecule has 0 aliphatic carbocycles. The van der Waals surface area contributed by atoms with Gasteiger partial charge in [-0.15, -0.1) is 0 Å². The molecule has 0 unspecified atom stereocenters. The van der Waals surface area contributed by atoms with E-state index in [2.05, 4.69) is 27.8 Å². The van der Waals surface area contributed by atoms with Crippen molar-refractivity contribution in [1.29, 1.82) is 0 Å². The molecule has 0 amide bonds. The van der Waals surface area contributed by atoms with E-state index in [1.165, 1.54) is 0 Å². The minimum absolute atomic E-state index is 0.0148. The SMILES string of the molecule is CC1CCN(c2oc(-c3ccccc3Br)nc2S(=O)(=O)c2ccccc2)CC1. The highest BCUT2D eigenvalue weighted by atomic mass is 79.9. The van der Waals surface area contributed by atoms with Gasteiger partial charge < -0.3 is 9.32 Å². The fraction of sp³-hybridized carbons (Fsp3) is 0.286. The zero-order valence-electron chi connectivity index (χ0n) is 15.5. The molecule has 0 saturated carbocycles. The van der Waals surface area contributed by atoms with E-state index in [1.807, 2.05) is 29.2 Å². The van der Waals surface area contributed by atoms with E-state index in [0.717, 1.165) is 36.0 Å². The first-order chi connectivity index (χ1) is 13.5. The Morgan fingerprint density at radius 1 is 1.04 bits per heavy atom. The lowest BCUT2D eigenvalue weighted by atomic mass is 9.99. The summed E-state index contributed by atoms with van der Waals surface area (Å²) in [7, 11) is -3.79. The number of anilines is 1. The van der Waals surface area contributed by atoms with Crippen molar-refractivity contribution in [2.45, 2.75) is 29.7 Å². The molecule has 1 aromatic heterocycles. The fourth-order valence-corrected chi connectivity index (χ4v) is 5.14. The van der Waals surface area contributed by atoms with Crippen molar-refractivity contribution in [3.05, 3.63) is 59.1 Å². The van der Waals surface area contributed by atoms with Crippen LogP contribution >= 0.6 is 15.9 Å². The van der Waals surface area contributed by atoms with Crippen molar-refractivity contribution in [3.8, 4) is 11.5 Å². The van der Waals surface area contributed by atoms with Crippen LogP contribution in [-0.4, -0.2) is 26.5 Å². The minimum Gasteiger partial charge on any atom is -0.419 e. The van der Waals surface area contributed by atoms with Crippen molar-refractivity contribution in [2.75, 3.05) is 18.0 Å². The van der Waals surface area contributed by atoms with Crippen LogP contribution in [0, 0.1) is 5.92 Å². The molecule has 0 N–H and O–H groups in total. The molecule has 7 heteroatoms. The van der Waals surface area contributed by atoms with E-state index in [-0.39, 0.29) is 9.92 Å². The molecule has 1 saturated heterocycles. The Kier molecular flexibility index (Phi) is 5.29. The predicted octanol–water partition coefficient (Wildman–Crippen LogP) is 5.17. The van der Waals surface area contributed by atoms with Crippen molar-refractivity contribution in [2.24, 2.45) is 5.92 Å². The van der Waals surface area contributed by atoms with E-state index in [1.54, 1.807) is 30.3 Å². The lowest BCUT2D eigenvalue weighted by Gasteiger charge is -2.30. The van der Waals surface area contributed by atoms with Gasteiger partial charge in [-0.3, -0.25) is 0 Å². The molecule has 0 atom stereocenters. The number of halogens is 1. The molecule has 0 radical (unpaired) electrons. The first-order valence-corrected chi connectivity index (χ1v) is 11.6. The smallest absolute Gasteiger partial charge is 0.236 e. The molecular weight excluding hydrogens is 440 g/mol. The van der Waals surface area contributed by atoms with Gasteiger partial charge in [-0.1, -0.05) is 37.3 Å². The van der Waals surface area contributed by atoms with Gasteiger partial charge in [0, 0.05) is 17.6 Å². The van der Waals surface area contributed by atoms with E-state index >= 15 is 0 Å². The van der Waals surface area contributed by atoms with Crippen LogP contribution in [0.25, 0.3) is 11.5 Å². The third-order valence-electron chi connectivity index (χ3n) is 5.06. The number of nitrogens with zero attached hydrogens (tertiary/aromatic N) is 2. The number of hydrogen-bond acceptors (Lipinski definition) is 5. The summed E-state index contributed by atoms with van der Waals surface area (Å²) in [5.41, 5.74) is 0.726. The molecule has 4 rings (SSSR count). The van der Waals surface area contributed by atoms with Gasteiger partial charge in [-0.25, -0.2) is 8.42 Å². The molecule has 1 aliphatic heterocycles. The second kappa shape index (κ2) is 7.72. The van der Waals surface area contributed by atoms with Gasteiger partial charge in [0.05, 0.1) is 10.5 Å². The van der Waals surface area contributed by atoms with Crippen molar-refractivity contribution >= 4 is 31.7 Å². The molecule has 1 fully saturated rings. The van der Waals surface area contributed by atoms with Crippen LogP contribution in [0.15, 0.2) is 73.4 Å². The third-order valence-corrected chi connectivity index (χ3v) is 7.42. The summed E-state index contributed by atoms with van der Waals surface area (Å²) in [5.74, 6) is 1.26. The van der Waals surface area contributed by atoms with Crippen molar-refractivity contribution in [1.82, 2.24) is 4.98 Å². The molecule has 3 aromatic rings. The Balaban J connectivity index is 1.85. The zero-order chi connectivity index (χ0) is 19.7. The van der Waals surface area contributed by atoms with Gasteiger partial charge in [0.15, 0.2) is 0 Å². The van der Waals surface area contributed by atoms with Gasteiger partial charge >= 0.3 is 0 Å². The number of benzene rings is 2. The highest BCUT2D eigenvalue weighted by Gasteiger charge is 2.32. The maximum Gasteiger partial charge on any atom is 0.236 e. The van der Waals surface area contributed by atoms with Crippen LogP contribution in [0.5, 0.6) is 0 Å². The van der Waals surface area contributed by atoms with Gasteiger partial charge in [-0.2, -0.15) is 4.98 Å². The Bertz CT molecular complexity index is 1070. The Labute approximate surface area is 173 Å². The molecule has 0 bridgehead atoms. The summed E-state index contributed by atoms with van der Waals surface area (Å²) in [5, 5.41) is -0.0148. The summed E-state index contributed by atoms with van der Waals surface area (Å²) in [6.07, 6.45) is 1.99. The van der Waals surface area contributed by atoms with Crippen molar-refractivity contribution in [3.63, 3.8) is 0 Å². The lowest BCUT2D eigenvalue weighted by Crippen LogP contribution is -2.33. The van der Waals surface area contributed by atoms with E-state index < -0.39 is 9.84 Å². The highest BCUT2D eigenvalue weighted by molar-refractivity contribution is 9.10. The van der Waals surface area contributed by atoms with E-state index in [9.17, 15) is 8.42 Å². The first-order valence-electron chi connectivity index (χ1n) is 9.27. The fourth-order valence-electron chi connectivity index (χ4n) is 3.35. The second-order valence-corrected chi connectivity index (χ2v) is 9.81. The molecule has 146 valence electrons. The monoisotopic (exact) mass is 460 g/mol. The Morgan fingerprint density at radius 3 is 2.36 bits per heavy atom. The molecule has 28 heavy (non-hydrogen) atoms. The number of hydrogen-bond donors (Lipinski definition) is 0. The number of oxazole rings is 1. The average Bonchev–Trinajstić information content (AvgIpc) is 3.15. The van der Waals surface area contributed by atoms with Crippen molar-refractivity contribution < 1.29 is 12.8 Å². The van der Waals surface area contributed by atoms with Gasteiger partial charge in [0.2, 0.25) is 26.6 Å². The van der Waals surface area contributed by atoms with Gasteiger partial charge in [0.25, 0.3) is 0 Å². The average molecular weight is 461 g/mol. The highest BCUT2D eigenvalue weighted by Crippen LogP contribution is 2.38. The molecular formula is C21H21BrN2O3S.